The SMILES string of the molecule is CCC(=O)COc1c(CC)nc2c(F)cc(N3C(=S)N(c4ccc(C#N)c(C(F)(F)F)c4)C(=O)C3(C)C)cn2c1=O. The van der Waals surface area contributed by atoms with E-state index in [0.717, 1.165) is 27.5 Å². The number of pyridine rings is 1. The number of fused-ring (bicyclic) bond motifs is 1. The summed E-state index contributed by atoms with van der Waals surface area (Å²) in [6, 6.07) is 5.21. The fourth-order valence-electron chi connectivity index (χ4n) is 4.43. The minimum absolute atomic E-state index is 0.0609. The molecule has 0 atom stereocenters. The van der Waals surface area contributed by atoms with Gasteiger partial charge in [-0.05, 0) is 50.7 Å². The maximum absolute atomic E-state index is 15.4. The number of anilines is 2. The van der Waals surface area contributed by atoms with Crippen LogP contribution in [0.15, 0.2) is 35.3 Å². The van der Waals surface area contributed by atoms with Gasteiger partial charge in [-0.1, -0.05) is 13.8 Å². The number of amides is 1. The van der Waals surface area contributed by atoms with Gasteiger partial charge in [0.05, 0.1) is 34.3 Å². The fraction of sp³-hybridized carbons (Fsp3) is 0.333. The van der Waals surface area contributed by atoms with E-state index < -0.39 is 40.1 Å². The number of hydrogen-bond donors (Lipinski definition) is 0. The van der Waals surface area contributed by atoms with Crippen molar-refractivity contribution >= 4 is 46.0 Å². The van der Waals surface area contributed by atoms with Crippen LogP contribution in [0.3, 0.4) is 0 Å². The molecule has 0 saturated carbocycles. The number of thiocarbonyl (C=S) groups is 1. The van der Waals surface area contributed by atoms with E-state index in [1.807, 2.05) is 0 Å². The van der Waals surface area contributed by atoms with E-state index in [4.69, 9.17) is 22.2 Å². The summed E-state index contributed by atoms with van der Waals surface area (Å²) in [6.45, 7) is 5.80. The predicted molar refractivity (Wildman–Crippen MR) is 144 cm³/mol. The van der Waals surface area contributed by atoms with Crippen LogP contribution in [0.25, 0.3) is 5.65 Å². The number of ketones is 1. The molecule has 41 heavy (non-hydrogen) atoms. The molecule has 0 bridgehead atoms. The van der Waals surface area contributed by atoms with Gasteiger partial charge in [-0.3, -0.25) is 23.7 Å². The maximum Gasteiger partial charge on any atom is 0.417 e. The second-order valence-corrected chi connectivity index (χ2v) is 9.99. The highest BCUT2D eigenvalue weighted by Gasteiger charge is 2.51. The van der Waals surface area contributed by atoms with Crippen LogP contribution in [0, 0.1) is 17.1 Å². The summed E-state index contributed by atoms with van der Waals surface area (Å²) < 4.78 is 62.6. The molecule has 1 aliphatic heterocycles. The number of ether oxygens (including phenoxy) is 1. The number of alkyl halides is 3. The predicted octanol–water partition coefficient (Wildman–Crippen LogP) is 4.56. The zero-order chi connectivity index (χ0) is 30.4. The molecule has 0 radical (unpaired) electrons. The Hall–Kier alpha value is -4.38. The molecule has 4 rings (SSSR count). The second-order valence-electron chi connectivity index (χ2n) is 9.62. The molecule has 0 aliphatic carbocycles. The summed E-state index contributed by atoms with van der Waals surface area (Å²) in [5, 5.41) is 8.83. The van der Waals surface area contributed by atoms with E-state index in [9.17, 15) is 27.6 Å². The number of hydrogen-bond acceptors (Lipinski definition) is 7. The van der Waals surface area contributed by atoms with Crippen LogP contribution >= 0.6 is 12.2 Å². The summed E-state index contributed by atoms with van der Waals surface area (Å²) in [5.74, 6) is -2.17. The molecule has 3 aromatic rings. The number of benzene rings is 1. The van der Waals surface area contributed by atoms with E-state index in [1.54, 1.807) is 13.8 Å². The highest BCUT2D eigenvalue weighted by Crippen LogP contribution is 2.40. The number of carbonyl (C=O) groups excluding carboxylic acids is 2. The molecule has 1 amide bonds. The monoisotopic (exact) mass is 589 g/mol. The van der Waals surface area contributed by atoms with Crippen molar-refractivity contribution in [3.8, 4) is 11.8 Å². The Balaban J connectivity index is 1.86. The molecule has 2 aromatic heterocycles. The quantitative estimate of drug-likeness (QED) is 0.292. The zero-order valence-corrected chi connectivity index (χ0v) is 23.1. The topological polar surface area (TPSA) is 108 Å². The van der Waals surface area contributed by atoms with Crippen molar-refractivity contribution in [2.75, 3.05) is 16.4 Å². The van der Waals surface area contributed by atoms with Crippen molar-refractivity contribution in [3.63, 3.8) is 0 Å². The van der Waals surface area contributed by atoms with Crippen molar-refractivity contribution in [2.24, 2.45) is 0 Å². The number of aryl methyl sites for hydroxylation is 1. The highest BCUT2D eigenvalue weighted by molar-refractivity contribution is 7.81. The van der Waals surface area contributed by atoms with Crippen LogP contribution < -0.4 is 20.1 Å². The molecule has 1 aliphatic rings. The minimum Gasteiger partial charge on any atom is -0.478 e. The van der Waals surface area contributed by atoms with Gasteiger partial charge in [-0.2, -0.15) is 18.4 Å². The van der Waals surface area contributed by atoms with Crippen molar-refractivity contribution in [3.05, 3.63) is 63.5 Å². The smallest absolute Gasteiger partial charge is 0.417 e. The highest BCUT2D eigenvalue weighted by atomic mass is 32.1. The van der Waals surface area contributed by atoms with Gasteiger partial charge in [0.1, 0.15) is 12.1 Å². The normalized spacial score (nSPS) is 15.0. The average molecular weight is 590 g/mol. The number of nitriles is 1. The van der Waals surface area contributed by atoms with Gasteiger partial charge in [0.15, 0.2) is 22.4 Å². The van der Waals surface area contributed by atoms with Crippen LogP contribution in [-0.4, -0.2) is 38.3 Å². The lowest BCUT2D eigenvalue weighted by molar-refractivity contribution is -0.137. The van der Waals surface area contributed by atoms with Crippen molar-refractivity contribution < 1.29 is 31.9 Å². The Kier molecular flexibility index (Phi) is 7.61. The number of carbonyl (C=O) groups is 2. The Labute approximate surface area is 236 Å². The lowest BCUT2D eigenvalue weighted by atomic mass is 10.0. The Morgan fingerprint density at radius 1 is 1.17 bits per heavy atom. The van der Waals surface area contributed by atoms with Crippen LogP contribution in [0.1, 0.15) is 50.9 Å². The van der Waals surface area contributed by atoms with E-state index in [2.05, 4.69) is 4.98 Å². The third-order valence-corrected chi connectivity index (χ3v) is 6.98. The summed E-state index contributed by atoms with van der Waals surface area (Å²) in [4.78, 5) is 44.9. The Bertz CT molecular complexity index is 1710. The Morgan fingerprint density at radius 3 is 2.44 bits per heavy atom. The Morgan fingerprint density at radius 2 is 1.85 bits per heavy atom. The number of aromatic nitrogens is 2. The van der Waals surface area contributed by atoms with Crippen molar-refractivity contribution in [2.45, 2.75) is 52.3 Å². The van der Waals surface area contributed by atoms with Gasteiger partial charge in [-0.15, -0.1) is 0 Å². The first-order chi connectivity index (χ1) is 19.2. The van der Waals surface area contributed by atoms with E-state index in [-0.39, 0.29) is 58.8 Å². The molecule has 3 heterocycles. The summed E-state index contributed by atoms with van der Waals surface area (Å²) in [6.07, 6.45) is -3.31. The van der Waals surface area contributed by atoms with E-state index in [0.29, 0.717) is 6.07 Å². The first-order valence-corrected chi connectivity index (χ1v) is 12.8. The molecular weight excluding hydrogens is 566 g/mol. The number of rotatable bonds is 7. The lowest BCUT2D eigenvalue weighted by Gasteiger charge is -2.29. The molecular formula is C27H23F4N5O4S. The van der Waals surface area contributed by atoms with Gasteiger partial charge in [0.25, 0.3) is 5.91 Å². The number of nitrogens with zero attached hydrogens (tertiary/aromatic N) is 5. The van der Waals surface area contributed by atoms with Crippen molar-refractivity contribution in [1.82, 2.24) is 9.38 Å². The van der Waals surface area contributed by atoms with E-state index in [1.165, 1.54) is 31.0 Å². The molecule has 9 nitrogen and oxygen atoms in total. The van der Waals surface area contributed by atoms with Gasteiger partial charge in [-0.25, -0.2) is 9.37 Å². The molecule has 14 heteroatoms. The zero-order valence-electron chi connectivity index (χ0n) is 22.3. The van der Waals surface area contributed by atoms with E-state index >= 15 is 4.39 Å². The third kappa shape index (κ3) is 5.01. The average Bonchev–Trinajstić information content (AvgIpc) is 3.09. The van der Waals surface area contributed by atoms with Gasteiger partial charge in [0, 0.05) is 18.7 Å². The lowest BCUT2D eigenvalue weighted by Crippen LogP contribution is -2.44. The number of Topliss-reactive ketones (excluding diaryl/α,β-unsaturated/α-hetero) is 1. The van der Waals surface area contributed by atoms with Gasteiger partial charge < -0.3 is 9.64 Å². The second kappa shape index (κ2) is 10.5. The van der Waals surface area contributed by atoms with Crippen LogP contribution in [-0.2, 0) is 22.2 Å². The molecule has 0 unspecified atom stereocenters. The molecule has 1 saturated heterocycles. The third-order valence-electron chi connectivity index (χ3n) is 6.61. The fourth-order valence-corrected chi connectivity index (χ4v) is 4.96. The van der Waals surface area contributed by atoms with Crippen LogP contribution in [0.5, 0.6) is 5.75 Å². The summed E-state index contributed by atoms with van der Waals surface area (Å²) >= 11 is 5.49. The molecule has 0 spiro atoms. The maximum atomic E-state index is 15.4. The molecule has 1 aromatic carbocycles. The van der Waals surface area contributed by atoms with Gasteiger partial charge in [0.2, 0.25) is 5.75 Å². The standard InChI is InChI=1S/C27H23F4N5O4S/c1-5-17(37)13-40-21-20(6-2)33-22-19(28)10-16(12-34(22)23(21)38)36-25(41)35(24(39)26(36,3)4)15-8-7-14(11-32)18(9-15)27(29,30)31/h7-10,12H,5-6,13H2,1-4H3. The van der Waals surface area contributed by atoms with Crippen molar-refractivity contribution in [1.29, 1.82) is 5.26 Å². The first kappa shape index (κ1) is 29.6. The molecule has 214 valence electrons. The summed E-state index contributed by atoms with van der Waals surface area (Å²) in [5.41, 5.74) is -4.72. The molecule has 1 fully saturated rings. The van der Waals surface area contributed by atoms with Crippen LogP contribution in [0.2, 0.25) is 0 Å². The number of halogens is 4. The minimum atomic E-state index is -4.88. The van der Waals surface area contributed by atoms with Gasteiger partial charge >= 0.3 is 11.7 Å². The first-order valence-electron chi connectivity index (χ1n) is 12.4. The summed E-state index contributed by atoms with van der Waals surface area (Å²) in [7, 11) is 0. The molecule has 0 N–H and O–H groups in total. The largest absolute Gasteiger partial charge is 0.478 e. The van der Waals surface area contributed by atoms with Crippen LogP contribution in [0.4, 0.5) is 28.9 Å².